The Morgan fingerprint density at radius 1 is 0.273 bits per heavy atom. The SMILES string of the molecule is c1cc(-c2ccc3c(c2)sc2ccccc23)cc(-n2c3ccccc3c3cc(-c4ccc5c(c4)c4ccccc4n5-c4ccc5ccccc5c4)ccc32)c1. The van der Waals surface area contributed by atoms with Crippen LogP contribution in [0.5, 0.6) is 0 Å². The summed E-state index contributed by atoms with van der Waals surface area (Å²) in [5.41, 5.74) is 12.1. The number of hydrogen-bond donors (Lipinski definition) is 0. The van der Waals surface area contributed by atoms with Crippen LogP contribution >= 0.6 is 11.3 Å². The van der Waals surface area contributed by atoms with Crippen LogP contribution in [0.4, 0.5) is 0 Å². The molecule has 55 heavy (non-hydrogen) atoms. The Kier molecular flexibility index (Phi) is 6.54. The maximum atomic E-state index is 2.43. The van der Waals surface area contributed by atoms with Gasteiger partial charge in [0, 0.05) is 53.1 Å². The van der Waals surface area contributed by atoms with Gasteiger partial charge in [0.15, 0.2) is 0 Å². The molecule has 0 aliphatic rings. The lowest BCUT2D eigenvalue weighted by Crippen LogP contribution is -1.94. The molecule has 3 heterocycles. The third kappa shape index (κ3) is 4.67. The van der Waals surface area contributed by atoms with Crippen molar-refractivity contribution in [3.63, 3.8) is 0 Å². The molecule has 0 aliphatic heterocycles. The van der Waals surface area contributed by atoms with Gasteiger partial charge < -0.3 is 9.13 Å². The smallest absolute Gasteiger partial charge is 0.0541 e. The van der Waals surface area contributed by atoms with Crippen molar-refractivity contribution in [1.82, 2.24) is 9.13 Å². The fraction of sp³-hybridized carbons (Fsp3) is 0. The molecule has 0 bridgehead atoms. The van der Waals surface area contributed by atoms with Gasteiger partial charge in [0.05, 0.1) is 22.1 Å². The molecule has 12 aromatic rings. The second-order valence-corrected chi connectivity index (χ2v) is 15.6. The van der Waals surface area contributed by atoms with Crippen molar-refractivity contribution < 1.29 is 0 Å². The van der Waals surface area contributed by atoms with E-state index in [9.17, 15) is 0 Å². The van der Waals surface area contributed by atoms with Crippen LogP contribution in [0, 0.1) is 0 Å². The highest BCUT2D eigenvalue weighted by molar-refractivity contribution is 7.25. The lowest BCUT2D eigenvalue weighted by Gasteiger charge is -2.11. The second-order valence-electron chi connectivity index (χ2n) is 14.6. The largest absolute Gasteiger partial charge is 0.309 e. The molecule has 0 saturated heterocycles. The van der Waals surface area contributed by atoms with Crippen LogP contribution in [-0.4, -0.2) is 9.13 Å². The Hall–Kier alpha value is -6.94. The van der Waals surface area contributed by atoms with E-state index in [4.69, 9.17) is 0 Å². The highest BCUT2D eigenvalue weighted by Gasteiger charge is 2.17. The number of fused-ring (bicyclic) bond motifs is 10. The molecular formula is C52H32N2S. The van der Waals surface area contributed by atoms with E-state index in [1.807, 2.05) is 11.3 Å². The van der Waals surface area contributed by atoms with Crippen molar-refractivity contribution in [3.8, 4) is 33.6 Å². The zero-order valence-corrected chi connectivity index (χ0v) is 30.6. The van der Waals surface area contributed by atoms with Crippen LogP contribution in [0.3, 0.4) is 0 Å². The summed E-state index contributed by atoms with van der Waals surface area (Å²) in [6.07, 6.45) is 0. The fourth-order valence-corrected chi connectivity index (χ4v) is 10.1. The first kappa shape index (κ1) is 30.5. The highest BCUT2D eigenvalue weighted by atomic mass is 32.1. The predicted octanol–water partition coefficient (Wildman–Crippen LogP) is 14.7. The summed E-state index contributed by atoms with van der Waals surface area (Å²) in [7, 11) is 0. The first-order chi connectivity index (χ1) is 27.2. The van der Waals surface area contributed by atoms with Gasteiger partial charge in [0.25, 0.3) is 0 Å². The van der Waals surface area contributed by atoms with Crippen molar-refractivity contribution in [2.24, 2.45) is 0 Å². The van der Waals surface area contributed by atoms with E-state index < -0.39 is 0 Å². The Morgan fingerprint density at radius 2 is 0.800 bits per heavy atom. The zero-order valence-electron chi connectivity index (χ0n) is 29.8. The Balaban J connectivity index is 0.985. The molecule has 0 N–H and O–H groups in total. The number of benzene rings is 9. The number of nitrogens with zero attached hydrogens (tertiary/aromatic N) is 2. The number of hydrogen-bond acceptors (Lipinski definition) is 1. The highest BCUT2D eigenvalue weighted by Crippen LogP contribution is 2.40. The topological polar surface area (TPSA) is 9.86 Å². The molecule has 0 saturated carbocycles. The Bertz CT molecular complexity index is 3500. The molecule has 0 amide bonds. The first-order valence-electron chi connectivity index (χ1n) is 18.8. The molecule has 12 rings (SSSR count). The molecule has 0 atom stereocenters. The van der Waals surface area contributed by atoms with Gasteiger partial charge >= 0.3 is 0 Å². The monoisotopic (exact) mass is 716 g/mol. The van der Waals surface area contributed by atoms with Crippen molar-refractivity contribution in [1.29, 1.82) is 0 Å². The van der Waals surface area contributed by atoms with Crippen LogP contribution < -0.4 is 0 Å². The van der Waals surface area contributed by atoms with Gasteiger partial charge in [-0.1, -0.05) is 121 Å². The molecule has 256 valence electrons. The number of aromatic nitrogens is 2. The minimum atomic E-state index is 1.16. The van der Waals surface area contributed by atoms with Crippen LogP contribution in [0.25, 0.3) is 108 Å². The molecular weight excluding hydrogens is 685 g/mol. The van der Waals surface area contributed by atoms with E-state index in [0.29, 0.717) is 0 Å². The average Bonchev–Trinajstić information content (AvgIpc) is 3.90. The van der Waals surface area contributed by atoms with E-state index in [1.54, 1.807) is 0 Å². The first-order valence-corrected chi connectivity index (χ1v) is 19.6. The van der Waals surface area contributed by atoms with Gasteiger partial charge in [-0.15, -0.1) is 11.3 Å². The normalized spacial score (nSPS) is 12.0. The fourth-order valence-electron chi connectivity index (χ4n) is 8.91. The molecule has 2 nitrogen and oxygen atoms in total. The van der Waals surface area contributed by atoms with Crippen LogP contribution in [0.1, 0.15) is 0 Å². The summed E-state index contributed by atoms with van der Waals surface area (Å²) in [6, 6.07) is 71.5. The van der Waals surface area contributed by atoms with Crippen molar-refractivity contribution >= 4 is 85.9 Å². The van der Waals surface area contributed by atoms with Gasteiger partial charge in [-0.2, -0.15) is 0 Å². The Morgan fingerprint density at radius 3 is 1.53 bits per heavy atom. The van der Waals surface area contributed by atoms with Gasteiger partial charge in [-0.25, -0.2) is 0 Å². The average molecular weight is 717 g/mol. The summed E-state index contributed by atoms with van der Waals surface area (Å²) in [5, 5.41) is 10.2. The summed E-state index contributed by atoms with van der Waals surface area (Å²) < 4.78 is 7.49. The summed E-state index contributed by atoms with van der Waals surface area (Å²) >= 11 is 1.87. The molecule has 0 unspecified atom stereocenters. The number of rotatable bonds is 4. The summed E-state index contributed by atoms with van der Waals surface area (Å²) in [4.78, 5) is 0. The standard InChI is InChI=1S/C52H32N2S/c1-2-11-34-28-40(24-20-33(34)10-1)54-48-18-7-4-15-42(48)46-31-37(23-27-50(46)54)36-22-26-49-45(30-36)41-14-3-6-17-47(41)53(49)39-13-9-12-35(29-39)38-21-25-44-43-16-5-8-19-51(43)55-52(44)32-38/h1-32H. The van der Waals surface area contributed by atoms with E-state index in [2.05, 4.69) is 203 Å². The predicted molar refractivity (Wildman–Crippen MR) is 236 cm³/mol. The second kappa shape index (κ2) is 11.8. The minimum Gasteiger partial charge on any atom is -0.309 e. The van der Waals surface area contributed by atoms with Gasteiger partial charge in [0.1, 0.15) is 0 Å². The number of para-hydroxylation sites is 2. The molecule has 0 radical (unpaired) electrons. The van der Waals surface area contributed by atoms with Crippen molar-refractivity contribution in [3.05, 3.63) is 194 Å². The third-order valence-electron chi connectivity index (χ3n) is 11.5. The van der Waals surface area contributed by atoms with Crippen molar-refractivity contribution in [2.45, 2.75) is 0 Å². The van der Waals surface area contributed by atoms with Crippen LogP contribution in [0.2, 0.25) is 0 Å². The van der Waals surface area contributed by atoms with E-state index >= 15 is 0 Å². The van der Waals surface area contributed by atoms with E-state index in [0.717, 1.165) is 5.69 Å². The van der Waals surface area contributed by atoms with Gasteiger partial charge in [-0.05, 0) is 106 Å². The lowest BCUT2D eigenvalue weighted by molar-refractivity contribution is 1.18. The molecule has 3 heteroatoms. The lowest BCUT2D eigenvalue weighted by atomic mass is 10.0. The zero-order chi connectivity index (χ0) is 36.0. The molecule has 0 fully saturated rings. The molecule has 3 aromatic heterocycles. The molecule has 0 aliphatic carbocycles. The van der Waals surface area contributed by atoms with Crippen LogP contribution in [0.15, 0.2) is 194 Å². The Labute approximate surface area is 321 Å². The quantitative estimate of drug-likeness (QED) is 0.172. The van der Waals surface area contributed by atoms with Crippen LogP contribution in [-0.2, 0) is 0 Å². The van der Waals surface area contributed by atoms with Crippen molar-refractivity contribution in [2.75, 3.05) is 0 Å². The van der Waals surface area contributed by atoms with Gasteiger partial charge in [-0.3, -0.25) is 0 Å². The summed E-state index contributed by atoms with van der Waals surface area (Å²) in [6.45, 7) is 0. The molecule has 9 aromatic carbocycles. The summed E-state index contributed by atoms with van der Waals surface area (Å²) in [5.74, 6) is 0. The number of thiophene rings is 1. The van der Waals surface area contributed by atoms with Gasteiger partial charge in [0.2, 0.25) is 0 Å². The minimum absolute atomic E-state index is 1.16. The maximum Gasteiger partial charge on any atom is 0.0541 e. The molecule has 0 spiro atoms. The van der Waals surface area contributed by atoms with E-state index in [-0.39, 0.29) is 0 Å². The maximum absolute atomic E-state index is 2.43. The van der Waals surface area contributed by atoms with E-state index in [1.165, 1.54) is 102 Å². The third-order valence-corrected chi connectivity index (χ3v) is 12.6.